The van der Waals surface area contributed by atoms with Crippen LogP contribution in [0, 0.1) is 5.92 Å². The number of aryl methyl sites for hydroxylation is 1. The number of hydrogen-bond donors (Lipinski definition) is 0. The normalized spacial score (nSPS) is 19.7. The Morgan fingerprint density at radius 1 is 1.17 bits per heavy atom. The fourth-order valence-corrected chi connectivity index (χ4v) is 3.16. The average molecular weight is 244 g/mol. The predicted molar refractivity (Wildman–Crippen MR) is 70.7 cm³/mol. The molecule has 1 fully saturated rings. The predicted octanol–water partition coefficient (Wildman–Crippen LogP) is 3.66. The van der Waals surface area contributed by atoms with Crippen molar-refractivity contribution >= 4 is 5.97 Å². The summed E-state index contributed by atoms with van der Waals surface area (Å²) in [6.07, 6.45) is 9.89. The second kappa shape index (κ2) is 5.13. The minimum Gasteiger partial charge on any atom is -0.426 e. The average Bonchev–Trinajstić information content (AvgIpc) is 2.77. The molecule has 0 N–H and O–H groups in total. The summed E-state index contributed by atoms with van der Waals surface area (Å²) in [5, 5.41) is 0. The van der Waals surface area contributed by atoms with Crippen LogP contribution in [0.1, 0.15) is 49.7 Å². The third-order valence-corrected chi connectivity index (χ3v) is 4.26. The molecule has 1 saturated carbocycles. The monoisotopic (exact) mass is 244 g/mol. The van der Waals surface area contributed by atoms with Crippen LogP contribution >= 0.6 is 0 Å². The summed E-state index contributed by atoms with van der Waals surface area (Å²) in [4.78, 5) is 11.2. The molecule has 0 spiro atoms. The smallest absolute Gasteiger partial charge is 0.315 e. The Balaban J connectivity index is 1.60. The summed E-state index contributed by atoms with van der Waals surface area (Å²) in [5.74, 6) is 1.59. The van der Waals surface area contributed by atoms with Gasteiger partial charge in [0.05, 0.1) is 6.42 Å². The molecule has 0 radical (unpaired) electrons. The van der Waals surface area contributed by atoms with Crippen molar-refractivity contribution in [2.45, 2.75) is 51.4 Å². The summed E-state index contributed by atoms with van der Waals surface area (Å²) < 4.78 is 5.20. The standard InChI is InChI=1S/C16H20O2/c17-16-11-14-9-8-13(10-15(14)18-16)7-6-12-4-2-1-3-5-12/h8-10,12H,1-7,11H2. The van der Waals surface area contributed by atoms with E-state index in [0.717, 1.165) is 23.7 Å². The SMILES string of the molecule is O=C1Cc2ccc(CCC3CCCCC3)cc2O1. The van der Waals surface area contributed by atoms with Gasteiger partial charge in [0, 0.05) is 5.56 Å². The molecule has 3 rings (SSSR count). The van der Waals surface area contributed by atoms with Gasteiger partial charge in [-0.3, -0.25) is 4.79 Å². The first-order valence-corrected chi connectivity index (χ1v) is 7.14. The molecular formula is C16H20O2. The molecule has 0 aromatic heterocycles. The molecule has 0 amide bonds. The van der Waals surface area contributed by atoms with Crippen molar-refractivity contribution in [3.8, 4) is 5.75 Å². The van der Waals surface area contributed by atoms with E-state index in [2.05, 4.69) is 18.2 Å². The first kappa shape index (κ1) is 11.8. The Labute approximate surface area is 108 Å². The summed E-state index contributed by atoms with van der Waals surface area (Å²) >= 11 is 0. The molecule has 0 saturated heterocycles. The lowest BCUT2D eigenvalue weighted by Crippen LogP contribution is -2.07. The van der Waals surface area contributed by atoms with E-state index >= 15 is 0 Å². The molecular weight excluding hydrogens is 224 g/mol. The molecule has 18 heavy (non-hydrogen) atoms. The highest BCUT2D eigenvalue weighted by molar-refractivity contribution is 5.81. The highest BCUT2D eigenvalue weighted by atomic mass is 16.5. The maximum absolute atomic E-state index is 11.2. The Bertz CT molecular complexity index is 444. The van der Waals surface area contributed by atoms with Crippen molar-refractivity contribution in [1.29, 1.82) is 0 Å². The molecule has 96 valence electrons. The van der Waals surface area contributed by atoms with Crippen LogP contribution in [-0.2, 0) is 17.6 Å². The number of carbonyl (C=O) groups excluding carboxylic acids is 1. The van der Waals surface area contributed by atoms with Crippen molar-refractivity contribution in [2.24, 2.45) is 5.92 Å². The number of carbonyl (C=O) groups is 1. The molecule has 1 aromatic carbocycles. The van der Waals surface area contributed by atoms with Crippen LogP contribution in [0.3, 0.4) is 0 Å². The third kappa shape index (κ3) is 2.58. The van der Waals surface area contributed by atoms with E-state index in [1.54, 1.807) is 0 Å². The van der Waals surface area contributed by atoms with Gasteiger partial charge in [-0.25, -0.2) is 0 Å². The molecule has 1 aromatic rings. The van der Waals surface area contributed by atoms with Crippen molar-refractivity contribution in [1.82, 2.24) is 0 Å². The van der Waals surface area contributed by atoms with E-state index in [4.69, 9.17) is 4.74 Å². The molecule has 2 heteroatoms. The zero-order valence-corrected chi connectivity index (χ0v) is 10.8. The Morgan fingerprint density at radius 2 is 2.00 bits per heavy atom. The fraction of sp³-hybridized carbons (Fsp3) is 0.562. The number of hydrogen-bond acceptors (Lipinski definition) is 2. The first-order chi connectivity index (χ1) is 8.81. The van der Waals surface area contributed by atoms with Crippen molar-refractivity contribution in [3.05, 3.63) is 29.3 Å². The maximum atomic E-state index is 11.2. The molecule has 1 aliphatic carbocycles. The van der Waals surface area contributed by atoms with E-state index < -0.39 is 0 Å². The first-order valence-electron chi connectivity index (χ1n) is 7.14. The second-order valence-corrected chi connectivity index (χ2v) is 5.64. The maximum Gasteiger partial charge on any atom is 0.315 e. The Hall–Kier alpha value is -1.31. The fourth-order valence-electron chi connectivity index (χ4n) is 3.16. The molecule has 2 nitrogen and oxygen atoms in total. The van der Waals surface area contributed by atoms with E-state index in [0.29, 0.717) is 6.42 Å². The van der Waals surface area contributed by atoms with Crippen LogP contribution < -0.4 is 4.74 Å². The molecule has 2 aliphatic rings. The van der Waals surface area contributed by atoms with Crippen molar-refractivity contribution in [2.75, 3.05) is 0 Å². The van der Waals surface area contributed by atoms with E-state index in [1.807, 2.05) is 0 Å². The number of benzene rings is 1. The van der Waals surface area contributed by atoms with Crippen LogP contribution in [0.2, 0.25) is 0 Å². The Kier molecular flexibility index (Phi) is 3.35. The number of fused-ring (bicyclic) bond motifs is 1. The minimum absolute atomic E-state index is 0.116. The lowest BCUT2D eigenvalue weighted by atomic mass is 9.85. The van der Waals surface area contributed by atoms with Crippen LogP contribution in [0.5, 0.6) is 5.75 Å². The van der Waals surface area contributed by atoms with Gasteiger partial charge in [-0.15, -0.1) is 0 Å². The topological polar surface area (TPSA) is 26.3 Å². The van der Waals surface area contributed by atoms with Gasteiger partial charge < -0.3 is 4.74 Å². The summed E-state index contributed by atoms with van der Waals surface area (Å²) in [5.41, 5.74) is 2.36. The van der Waals surface area contributed by atoms with Crippen LogP contribution in [0.15, 0.2) is 18.2 Å². The lowest BCUT2D eigenvalue weighted by molar-refractivity contribution is -0.131. The number of esters is 1. The van der Waals surface area contributed by atoms with Gasteiger partial charge in [0.25, 0.3) is 0 Å². The highest BCUT2D eigenvalue weighted by Gasteiger charge is 2.20. The van der Waals surface area contributed by atoms with Crippen LogP contribution in [0.25, 0.3) is 0 Å². The van der Waals surface area contributed by atoms with Gasteiger partial charge in [0.15, 0.2) is 0 Å². The summed E-state index contributed by atoms with van der Waals surface area (Å²) in [6, 6.07) is 6.27. The highest BCUT2D eigenvalue weighted by Crippen LogP contribution is 2.30. The summed E-state index contributed by atoms with van der Waals surface area (Å²) in [7, 11) is 0. The van der Waals surface area contributed by atoms with Gasteiger partial charge in [-0.2, -0.15) is 0 Å². The lowest BCUT2D eigenvalue weighted by Gasteiger charge is -2.21. The zero-order valence-electron chi connectivity index (χ0n) is 10.8. The van der Waals surface area contributed by atoms with Gasteiger partial charge in [0.1, 0.15) is 5.75 Å². The molecule has 0 bridgehead atoms. The van der Waals surface area contributed by atoms with Crippen LogP contribution in [0.4, 0.5) is 0 Å². The van der Waals surface area contributed by atoms with E-state index in [1.165, 1.54) is 44.1 Å². The van der Waals surface area contributed by atoms with Gasteiger partial charge in [0.2, 0.25) is 0 Å². The largest absolute Gasteiger partial charge is 0.426 e. The number of ether oxygens (including phenoxy) is 1. The van der Waals surface area contributed by atoms with Gasteiger partial charge in [-0.05, 0) is 30.4 Å². The molecule has 1 heterocycles. The molecule has 0 atom stereocenters. The van der Waals surface area contributed by atoms with Gasteiger partial charge in [-0.1, -0.05) is 44.2 Å². The molecule has 1 aliphatic heterocycles. The van der Waals surface area contributed by atoms with Crippen LogP contribution in [-0.4, -0.2) is 5.97 Å². The quantitative estimate of drug-likeness (QED) is 0.599. The third-order valence-electron chi connectivity index (χ3n) is 4.26. The minimum atomic E-state index is -0.116. The van der Waals surface area contributed by atoms with Crippen molar-refractivity contribution < 1.29 is 9.53 Å². The summed E-state index contributed by atoms with van der Waals surface area (Å²) in [6.45, 7) is 0. The van der Waals surface area contributed by atoms with Gasteiger partial charge >= 0.3 is 5.97 Å². The van der Waals surface area contributed by atoms with E-state index in [9.17, 15) is 4.79 Å². The zero-order chi connectivity index (χ0) is 12.4. The second-order valence-electron chi connectivity index (χ2n) is 5.64. The van der Waals surface area contributed by atoms with Crippen molar-refractivity contribution in [3.63, 3.8) is 0 Å². The number of rotatable bonds is 3. The van der Waals surface area contributed by atoms with E-state index in [-0.39, 0.29) is 5.97 Å². The Morgan fingerprint density at radius 3 is 2.83 bits per heavy atom. The molecule has 0 unspecified atom stereocenters.